The van der Waals surface area contributed by atoms with Gasteiger partial charge in [-0.15, -0.1) is 0 Å². The van der Waals surface area contributed by atoms with Crippen molar-refractivity contribution in [2.75, 3.05) is 6.07 Å². The minimum Gasteiger partial charge on any atom is -0.508 e. The molecule has 3 rings (SSSR count). The zero-order chi connectivity index (χ0) is 17.1. The lowest BCUT2D eigenvalue weighted by atomic mass is 9.86. The quantitative estimate of drug-likeness (QED) is 0.468. The first-order valence-electron chi connectivity index (χ1n) is 7.80. The Bertz CT molecular complexity index is 652. The Kier molecular flexibility index (Phi) is 5.23. The summed E-state index contributed by atoms with van der Waals surface area (Å²) in [5, 5.41) is 19.5. The molecule has 0 aromatic heterocycles. The van der Waals surface area contributed by atoms with Crippen molar-refractivity contribution >= 4 is 17.4 Å². The second-order valence-corrected chi connectivity index (χ2v) is 6.13. The fourth-order valence-corrected chi connectivity index (χ4v) is 3.42. The largest absolute Gasteiger partial charge is 0.508 e. The highest BCUT2D eigenvalue weighted by atomic mass is 35.5. The van der Waals surface area contributed by atoms with Gasteiger partial charge < -0.3 is 19.7 Å². The van der Waals surface area contributed by atoms with Gasteiger partial charge in [0.05, 0.1) is 18.3 Å². The molecular formula is C18H19ClO5. The molecule has 1 aromatic carbocycles. The number of alkyl halides is 1. The van der Waals surface area contributed by atoms with Gasteiger partial charge >= 0.3 is 0 Å². The van der Waals surface area contributed by atoms with E-state index in [1.165, 1.54) is 18.4 Å². The van der Waals surface area contributed by atoms with Gasteiger partial charge in [0.25, 0.3) is 0 Å². The maximum atomic E-state index is 12.3. The number of fused-ring (bicyclic) bond motifs is 1. The summed E-state index contributed by atoms with van der Waals surface area (Å²) in [4.78, 5) is 12.3. The average Bonchev–Trinajstić information content (AvgIpc) is 2.91. The molecule has 5 nitrogen and oxygen atoms in total. The normalized spacial score (nSPS) is 28.2. The molecule has 0 amide bonds. The van der Waals surface area contributed by atoms with Crippen molar-refractivity contribution in [1.29, 1.82) is 0 Å². The lowest BCUT2D eigenvalue weighted by Gasteiger charge is -2.32. The zero-order valence-corrected chi connectivity index (χ0v) is 13.7. The van der Waals surface area contributed by atoms with E-state index in [9.17, 15) is 15.0 Å². The van der Waals surface area contributed by atoms with Gasteiger partial charge in [-0.25, -0.2) is 0 Å². The summed E-state index contributed by atoms with van der Waals surface area (Å²) >= 11 is 5.65. The second-order valence-electron chi connectivity index (χ2n) is 5.91. The monoisotopic (exact) mass is 350 g/mol. The SMILES string of the molecule is O=C(CCC1=C[C@@H](O)[C@@H]2C=CO[C@@H](OCCl)[C@H]12)c1ccc(O)cc1. The van der Waals surface area contributed by atoms with Crippen LogP contribution in [-0.4, -0.2) is 34.5 Å². The van der Waals surface area contributed by atoms with Crippen molar-refractivity contribution in [2.45, 2.75) is 25.2 Å². The van der Waals surface area contributed by atoms with Crippen LogP contribution >= 0.6 is 11.6 Å². The van der Waals surface area contributed by atoms with Crippen molar-refractivity contribution in [1.82, 2.24) is 0 Å². The van der Waals surface area contributed by atoms with Crippen LogP contribution in [0.4, 0.5) is 0 Å². The molecule has 1 aliphatic carbocycles. The molecule has 1 aromatic rings. The third kappa shape index (κ3) is 3.48. The Morgan fingerprint density at radius 2 is 2.04 bits per heavy atom. The highest BCUT2D eigenvalue weighted by molar-refractivity contribution is 6.17. The van der Waals surface area contributed by atoms with Crippen LogP contribution in [0, 0.1) is 11.8 Å². The topological polar surface area (TPSA) is 76.0 Å². The summed E-state index contributed by atoms with van der Waals surface area (Å²) in [7, 11) is 0. The van der Waals surface area contributed by atoms with Crippen molar-refractivity contribution in [3.8, 4) is 5.75 Å². The number of halogens is 1. The van der Waals surface area contributed by atoms with Crippen LogP contribution in [0.5, 0.6) is 5.75 Å². The van der Waals surface area contributed by atoms with Gasteiger partial charge in [-0.1, -0.05) is 23.3 Å². The number of hydrogen-bond donors (Lipinski definition) is 2. The molecule has 24 heavy (non-hydrogen) atoms. The van der Waals surface area contributed by atoms with Crippen molar-refractivity contribution in [2.24, 2.45) is 11.8 Å². The average molecular weight is 351 g/mol. The Labute approximate surface area is 145 Å². The minimum atomic E-state index is -0.615. The van der Waals surface area contributed by atoms with E-state index in [0.717, 1.165) is 5.57 Å². The number of ketones is 1. The van der Waals surface area contributed by atoms with Gasteiger partial charge in [0.15, 0.2) is 5.78 Å². The molecule has 1 aliphatic heterocycles. The number of phenolic OH excluding ortho intramolecular Hbond substituents is 1. The van der Waals surface area contributed by atoms with Crippen LogP contribution in [0.2, 0.25) is 0 Å². The van der Waals surface area contributed by atoms with E-state index in [1.807, 2.05) is 6.08 Å². The maximum absolute atomic E-state index is 12.3. The van der Waals surface area contributed by atoms with Crippen molar-refractivity contribution < 1.29 is 24.5 Å². The van der Waals surface area contributed by atoms with Crippen LogP contribution in [0.3, 0.4) is 0 Å². The molecule has 0 radical (unpaired) electrons. The maximum Gasteiger partial charge on any atom is 0.207 e. The summed E-state index contributed by atoms with van der Waals surface area (Å²) in [6, 6.07) is 6.18. The van der Waals surface area contributed by atoms with Gasteiger partial charge in [-0.2, -0.15) is 0 Å². The number of aliphatic hydroxyl groups excluding tert-OH is 1. The van der Waals surface area contributed by atoms with E-state index < -0.39 is 12.4 Å². The predicted molar refractivity (Wildman–Crippen MR) is 88.6 cm³/mol. The number of ether oxygens (including phenoxy) is 2. The van der Waals surface area contributed by atoms with Gasteiger partial charge in [0, 0.05) is 17.9 Å². The number of Topliss-reactive ketones (excluding diaryl/α,β-unsaturated/α-hetero) is 1. The Balaban J connectivity index is 1.67. The molecule has 0 saturated carbocycles. The lowest BCUT2D eigenvalue weighted by molar-refractivity contribution is -0.138. The molecule has 1 heterocycles. The molecule has 0 bridgehead atoms. The first-order valence-corrected chi connectivity index (χ1v) is 8.34. The Hall–Kier alpha value is -1.82. The first kappa shape index (κ1) is 17.0. The molecule has 0 spiro atoms. The number of carbonyl (C=O) groups excluding carboxylic acids is 1. The molecule has 2 N–H and O–H groups in total. The Morgan fingerprint density at radius 1 is 1.29 bits per heavy atom. The Morgan fingerprint density at radius 3 is 2.75 bits per heavy atom. The van der Waals surface area contributed by atoms with Crippen LogP contribution < -0.4 is 0 Å². The summed E-state index contributed by atoms with van der Waals surface area (Å²) in [5.41, 5.74) is 1.50. The fraction of sp³-hybridized carbons (Fsp3) is 0.389. The lowest BCUT2D eigenvalue weighted by Crippen LogP contribution is -2.35. The number of rotatable bonds is 6. The summed E-state index contributed by atoms with van der Waals surface area (Å²) in [6.45, 7) is 0. The van der Waals surface area contributed by atoms with Crippen LogP contribution in [0.1, 0.15) is 23.2 Å². The van der Waals surface area contributed by atoms with E-state index in [4.69, 9.17) is 21.1 Å². The van der Waals surface area contributed by atoms with Crippen molar-refractivity contribution in [3.63, 3.8) is 0 Å². The molecule has 128 valence electrons. The van der Waals surface area contributed by atoms with Crippen LogP contribution in [0.15, 0.2) is 48.3 Å². The predicted octanol–water partition coefficient (Wildman–Crippen LogP) is 2.97. The van der Waals surface area contributed by atoms with Crippen LogP contribution in [-0.2, 0) is 9.47 Å². The third-order valence-corrected chi connectivity index (χ3v) is 4.61. The smallest absolute Gasteiger partial charge is 0.207 e. The zero-order valence-electron chi connectivity index (χ0n) is 13.0. The van der Waals surface area contributed by atoms with E-state index in [2.05, 4.69) is 0 Å². The highest BCUT2D eigenvalue weighted by Gasteiger charge is 2.43. The number of aromatic hydroxyl groups is 1. The van der Waals surface area contributed by atoms with Crippen LogP contribution in [0.25, 0.3) is 0 Å². The number of hydrogen-bond acceptors (Lipinski definition) is 5. The molecular weight excluding hydrogens is 332 g/mol. The summed E-state index contributed by atoms with van der Waals surface area (Å²) in [5.74, 6) is -0.152. The molecule has 0 unspecified atom stereocenters. The molecule has 4 atom stereocenters. The molecule has 6 heteroatoms. The number of benzene rings is 1. The standard InChI is InChI=1S/C18H19ClO5/c19-10-24-18-17-12(9-16(22)14(17)7-8-23-18)3-6-15(21)11-1-4-13(20)5-2-11/h1-2,4-5,7-9,14,16-18,20,22H,3,6,10H2/t14-,16+,17+,18-/m0/s1. The third-order valence-electron chi connectivity index (χ3n) is 4.49. The van der Waals surface area contributed by atoms with E-state index in [0.29, 0.717) is 18.4 Å². The second kappa shape index (κ2) is 7.38. The fourth-order valence-electron chi connectivity index (χ4n) is 3.29. The number of aliphatic hydroxyl groups is 1. The van der Waals surface area contributed by atoms with E-state index >= 15 is 0 Å². The highest BCUT2D eigenvalue weighted by Crippen LogP contribution is 2.41. The molecule has 0 saturated heterocycles. The minimum absolute atomic E-state index is 0.00244. The number of phenols is 1. The van der Waals surface area contributed by atoms with Gasteiger partial charge in [-0.05, 0) is 36.8 Å². The first-order chi connectivity index (χ1) is 11.6. The van der Waals surface area contributed by atoms with E-state index in [1.54, 1.807) is 18.2 Å². The van der Waals surface area contributed by atoms with E-state index in [-0.39, 0.29) is 29.4 Å². The van der Waals surface area contributed by atoms with Gasteiger partial charge in [0.2, 0.25) is 6.29 Å². The van der Waals surface area contributed by atoms with Gasteiger partial charge in [-0.3, -0.25) is 4.79 Å². The van der Waals surface area contributed by atoms with Gasteiger partial charge in [0.1, 0.15) is 11.8 Å². The van der Waals surface area contributed by atoms with Crippen molar-refractivity contribution in [3.05, 3.63) is 53.8 Å². The number of carbonyl (C=O) groups is 1. The molecule has 0 fully saturated rings. The summed E-state index contributed by atoms with van der Waals surface area (Å²) < 4.78 is 10.9. The summed E-state index contributed by atoms with van der Waals surface area (Å²) in [6.07, 6.45) is 4.78. The molecule has 2 aliphatic rings.